The zero-order valence-electron chi connectivity index (χ0n) is 22.9. The lowest BCUT2D eigenvalue weighted by molar-refractivity contribution is -0.102. The predicted octanol–water partition coefficient (Wildman–Crippen LogP) is 7.37. The summed E-state index contributed by atoms with van der Waals surface area (Å²) < 4.78 is 12.0. The molecule has 194 valence electrons. The molecule has 0 aliphatic heterocycles. The second-order valence-electron chi connectivity index (χ2n) is 10.0. The second-order valence-corrected chi connectivity index (χ2v) is 10.0. The van der Waals surface area contributed by atoms with Crippen LogP contribution in [0.25, 0.3) is 0 Å². The topological polar surface area (TPSA) is 41.9 Å². The van der Waals surface area contributed by atoms with Gasteiger partial charge in [0.15, 0.2) is 0 Å². The van der Waals surface area contributed by atoms with Crippen molar-refractivity contribution < 1.29 is 14.6 Å². The molecular formula is C28H59NO3. The van der Waals surface area contributed by atoms with Crippen molar-refractivity contribution in [3.8, 4) is 0 Å². The molecule has 3 unspecified atom stereocenters. The third-order valence-corrected chi connectivity index (χ3v) is 6.55. The lowest BCUT2D eigenvalue weighted by Gasteiger charge is -2.39. The van der Waals surface area contributed by atoms with Gasteiger partial charge in [0.05, 0.1) is 31.0 Å². The standard InChI is InChI=1S/C28H59NO3/c1-8-11-12-13-14-15-16-17-18-19-20-21-22-27(31-10-3)28(30)26(23-32-25(6)7)29(9-2)24(4)5/h24-28,30H,8-23H2,1-7H3. The lowest BCUT2D eigenvalue weighted by Crippen LogP contribution is -2.54. The van der Waals surface area contributed by atoms with Crippen LogP contribution in [-0.2, 0) is 9.47 Å². The molecule has 0 aromatic rings. The molecule has 0 radical (unpaired) electrons. The molecule has 0 saturated heterocycles. The van der Waals surface area contributed by atoms with Crippen molar-refractivity contribution in [2.45, 2.75) is 162 Å². The smallest absolute Gasteiger partial charge is 0.0979 e. The van der Waals surface area contributed by atoms with E-state index in [-0.39, 0.29) is 18.2 Å². The van der Waals surface area contributed by atoms with Crippen molar-refractivity contribution >= 4 is 0 Å². The molecule has 0 amide bonds. The van der Waals surface area contributed by atoms with Gasteiger partial charge in [0.25, 0.3) is 0 Å². The highest BCUT2D eigenvalue weighted by molar-refractivity contribution is 4.86. The Kier molecular flexibility index (Phi) is 21.3. The average Bonchev–Trinajstić information content (AvgIpc) is 2.75. The number of hydrogen-bond acceptors (Lipinski definition) is 4. The first-order valence-corrected chi connectivity index (χ1v) is 14.1. The van der Waals surface area contributed by atoms with Gasteiger partial charge in [0.1, 0.15) is 0 Å². The largest absolute Gasteiger partial charge is 0.389 e. The Balaban J connectivity index is 4.36. The van der Waals surface area contributed by atoms with Crippen LogP contribution in [0, 0.1) is 0 Å². The number of aliphatic hydroxyl groups excluding tert-OH is 1. The lowest BCUT2D eigenvalue weighted by atomic mass is 9.97. The van der Waals surface area contributed by atoms with Crippen LogP contribution in [0.4, 0.5) is 0 Å². The molecule has 4 heteroatoms. The number of nitrogens with zero attached hydrogens (tertiary/aromatic N) is 1. The van der Waals surface area contributed by atoms with Gasteiger partial charge in [-0.25, -0.2) is 0 Å². The number of likely N-dealkylation sites (N-methyl/N-ethyl adjacent to an activating group) is 1. The zero-order chi connectivity index (χ0) is 24.2. The van der Waals surface area contributed by atoms with E-state index >= 15 is 0 Å². The Morgan fingerprint density at radius 2 is 1.19 bits per heavy atom. The van der Waals surface area contributed by atoms with E-state index in [1.54, 1.807) is 0 Å². The van der Waals surface area contributed by atoms with Crippen molar-refractivity contribution in [1.82, 2.24) is 4.90 Å². The molecule has 0 aromatic carbocycles. The quantitative estimate of drug-likeness (QED) is 0.163. The number of ether oxygens (including phenoxy) is 2. The van der Waals surface area contributed by atoms with Crippen LogP contribution < -0.4 is 0 Å². The first-order chi connectivity index (χ1) is 15.4. The average molecular weight is 458 g/mol. The monoisotopic (exact) mass is 457 g/mol. The molecule has 4 nitrogen and oxygen atoms in total. The van der Waals surface area contributed by atoms with E-state index in [9.17, 15) is 5.11 Å². The summed E-state index contributed by atoms with van der Waals surface area (Å²) in [6.07, 6.45) is 16.6. The molecule has 1 N–H and O–H groups in total. The van der Waals surface area contributed by atoms with Crippen molar-refractivity contribution in [3.05, 3.63) is 0 Å². The first-order valence-electron chi connectivity index (χ1n) is 14.1. The Labute approximate surface area is 201 Å². The van der Waals surface area contributed by atoms with Gasteiger partial charge in [0, 0.05) is 12.6 Å². The number of aliphatic hydroxyl groups is 1. The van der Waals surface area contributed by atoms with E-state index < -0.39 is 6.10 Å². The minimum absolute atomic E-state index is 0.0312. The molecule has 0 bridgehead atoms. The fraction of sp³-hybridized carbons (Fsp3) is 1.00. The molecule has 0 saturated carbocycles. The molecule has 32 heavy (non-hydrogen) atoms. The minimum Gasteiger partial charge on any atom is -0.389 e. The van der Waals surface area contributed by atoms with Crippen molar-refractivity contribution in [2.75, 3.05) is 19.8 Å². The van der Waals surface area contributed by atoms with Gasteiger partial charge in [-0.15, -0.1) is 0 Å². The molecule has 3 atom stereocenters. The van der Waals surface area contributed by atoms with Gasteiger partial charge >= 0.3 is 0 Å². The molecule has 0 rings (SSSR count). The summed E-state index contributed by atoms with van der Waals surface area (Å²) in [6, 6.07) is 0.334. The van der Waals surface area contributed by atoms with Crippen LogP contribution in [0.2, 0.25) is 0 Å². The van der Waals surface area contributed by atoms with Gasteiger partial charge in [-0.2, -0.15) is 0 Å². The maximum atomic E-state index is 11.3. The molecule has 0 fully saturated rings. The summed E-state index contributed by atoms with van der Waals surface area (Å²) >= 11 is 0. The summed E-state index contributed by atoms with van der Waals surface area (Å²) in [4.78, 5) is 2.35. The van der Waals surface area contributed by atoms with Gasteiger partial charge in [0.2, 0.25) is 0 Å². The summed E-state index contributed by atoms with van der Waals surface area (Å²) in [6.45, 7) is 17.1. The number of unbranched alkanes of at least 4 members (excludes halogenated alkanes) is 11. The van der Waals surface area contributed by atoms with Crippen LogP contribution in [0.3, 0.4) is 0 Å². The first kappa shape index (κ1) is 31.8. The van der Waals surface area contributed by atoms with Crippen LogP contribution in [-0.4, -0.2) is 60.2 Å². The molecular weight excluding hydrogens is 398 g/mol. The summed E-state index contributed by atoms with van der Waals surface area (Å²) in [7, 11) is 0. The van der Waals surface area contributed by atoms with Crippen molar-refractivity contribution in [3.63, 3.8) is 0 Å². The molecule has 0 aliphatic carbocycles. The highest BCUT2D eigenvalue weighted by Gasteiger charge is 2.33. The van der Waals surface area contributed by atoms with E-state index in [2.05, 4.69) is 46.4 Å². The third kappa shape index (κ3) is 15.6. The Morgan fingerprint density at radius 1 is 0.688 bits per heavy atom. The normalized spacial score (nSPS) is 15.1. The van der Waals surface area contributed by atoms with E-state index in [0.29, 0.717) is 19.3 Å². The summed E-state index contributed by atoms with van der Waals surface area (Å²) in [5.74, 6) is 0. The van der Waals surface area contributed by atoms with E-state index in [1.165, 1.54) is 70.6 Å². The fourth-order valence-corrected chi connectivity index (χ4v) is 4.67. The zero-order valence-corrected chi connectivity index (χ0v) is 22.9. The highest BCUT2D eigenvalue weighted by Crippen LogP contribution is 2.20. The van der Waals surface area contributed by atoms with Gasteiger partial charge in [-0.1, -0.05) is 90.9 Å². The second kappa shape index (κ2) is 21.4. The van der Waals surface area contributed by atoms with E-state index in [1.807, 2.05) is 6.92 Å². The Morgan fingerprint density at radius 3 is 1.59 bits per heavy atom. The SMILES string of the molecule is CCCCCCCCCCCCCCC(OCC)C(O)C(COC(C)C)N(CC)C(C)C. The maximum absolute atomic E-state index is 11.3. The summed E-state index contributed by atoms with van der Waals surface area (Å²) in [5.41, 5.74) is 0. The minimum atomic E-state index is -0.524. The Bertz CT molecular complexity index is 389. The number of rotatable bonds is 23. The van der Waals surface area contributed by atoms with Crippen molar-refractivity contribution in [2.24, 2.45) is 0 Å². The number of hydrogen-bond donors (Lipinski definition) is 1. The summed E-state index contributed by atoms with van der Waals surface area (Å²) in [5, 5.41) is 11.3. The Hall–Kier alpha value is -0.160. The molecule has 0 aliphatic rings. The molecule has 0 spiro atoms. The van der Waals surface area contributed by atoms with Crippen LogP contribution >= 0.6 is 0 Å². The third-order valence-electron chi connectivity index (χ3n) is 6.55. The predicted molar refractivity (Wildman–Crippen MR) is 140 cm³/mol. The molecule has 0 aromatic heterocycles. The van der Waals surface area contributed by atoms with Crippen molar-refractivity contribution in [1.29, 1.82) is 0 Å². The van der Waals surface area contributed by atoms with Crippen LogP contribution in [0.15, 0.2) is 0 Å². The van der Waals surface area contributed by atoms with Gasteiger partial charge < -0.3 is 14.6 Å². The maximum Gasteiger partial charge on any atom is 0.0979 e. The fourth-order valence-electron chi connectivity index (χ4n) is 4.67. The van der Waals surface area contributed by atoms with Gasteiger partial charge in [-0.05, 0) is 47.6 Å². The van der Waals surface area contributed by atoms with E-state index in [0.717, 1.165) is 19.4 Å². The molecule has 0 heterocycles. The van der Waals surface area contributed by atoms with Crippen LogP contribution in [0.5, 0.6) is 0 Å². The highest BCUT2D eigenvalue weighted by atomic mass is 16.5. The van der Waals surface area contributed by atoms with Crippen LogP contribution in [0.1, 0.15) is 132 Å². The van der Waals surface area contributed by atoms with E-state index in [4.69, 9.17) is 9.47 Å². The van der Waals surface area contributed by atoms with Gasteiger partial charge in [-0.3, -0.25) is 4.90 Å².